The quantitative estimate of drug-likeness (QED) is 0.170. The molecule has 1 aromatic carbocycles. The van der Waals surface area contributed by atoms with Crippen LogP contribution in [0.1, 0.15) is 91.2 Å². The Morgan fingerprint density at radius 3 is 2.43 bits per heavy atom. The van der Waals surface area contributed by atoms with Crippen molar-refractivity contribution in [3.8, 4) is 0 Å². The molecule has 3 amide bonds. The number of nitrogens with zero attached hydrogens (tertiary/aromatic N) is 3. The number of hydrogen-bond acceptors (Lipinski definition) is 7. The molecule has 2 bridgehead atoms. The van der Waals surface area contributed by atoms with Crippen LogP contribution in [-0.4, -0.2) is 99.6 Å². The SMILES string of the molecule is C=CCCC(=O)N(C)[C@H](C)[C@H](OC(=O)[C@@H]1[C@@H]2CC[C@]3(O2)[C@H](C(=O)N(CC=C)C(C)CCC)N([C@@H](CO)[C@@H](C)CC)C(=O)[C@@H]13)c1ccccc1. The Labute approximate surface area is 292 Å². The smallest absolute Gasteiger partial charge is 0.313 e. The van der Waals surface area contributed by atoms with Crippen molar-refractivity contribution >= 4 is 23.7 Å². The van der Waals surface area contributed by atoms with E-state index in [4.69, 9.17) is 9.47 Å². The van der Waals surface area contributed by atoms with Gasteiger partial charge in [-0.1, -0.05) is 76.1 Å². The van der Waals surface area contributed by atoms with E-state index in [1.165, 1.54) is 0 Å². The van der Waals surface area contributed by atoms with Gasteiger partial charge in [-0.15, -0.1) is 13.2 Å². The molecule has 3 fully saturated rings. The van der Waals surface area contributed by atoms with Gasteiger partial charge >= 0.3 is 5.97 Å². The van der Waals surface area contributed by atoms with E-state index in [1.54, 1.807) is 33.9 Å². The Balaban J connectivity index is 1.75. The summed E-state index contributed by atoms with van der Waals surface area (Å²) < 4.78 is 13.1. The number of carbonyl (C=O) groups excluding carboxylic acids is 4. The lowest BCUT2D eigenvalue weighted by molar-refractivity contribution is -0.165. The summed E-state index contributed by atoms with van der Waals surface area (Å²) in [5, 5.41) is 10.7. The van der Waals surface area contributed by atoms with Gasteiger partial charge in [0, 0.05) is 26.1 Å². The normalized spacial score (nSPS) is 27.1. The first-order valence-electron chi connectivity index (χ1n) is 18.1. The molecule has 10 nitrogen and oxygen atoms in total. The Kier molecular flexibility index (Phi) is 12.9. The zero-order valence-electron chi connectivity index (χ0n) is 30.3. The monoisotopic (exact) mass is 679 g/mol. The van der Waals surface area contributed by atoms with Gasteiger partial charge in [-0.25, -0.2) is 0 Å². The highest BCUT2D eigenvalue weighted by molar-refractivity contribution is 5.98. The van der Waals surface area contributed by atoms with Crippen molar-refractivity contribution < 1.29 is 33.8 Å². The average Bonchev–Trinajstić information content (AvgIpc) is 3.75. The molecule has 0 saturated carbocycles. The van der Waals surface area contributed by atoms with Gasteiger partial charge in [0.2, 0.25) is 17.7 Å². The van der Waals surface area contributed by atoms with Crippen molar-refractivity contribution in [1.29, 1.82) is 0 Å². The largest absolute Gasteiger partial charge is 0.455 e. The van der Waals surface area contributed by atoms with E-state index in [9.17, 15) is 24.3 Å². The number of allylic oxidation sites excluding steroid dienone is 1. The minimum absolute atomic E-state index is 0.101. The van der Waals surface area contributed by atoms with Gasteiger partial charge in [-0.3, -0.25) is 19.2 Å². The Morgan fingerprint density at radius 1 is 1.14 bits per heavy atom. The highest BCUT2D eigenvalue weighted by Crippen LogP contribution is 2.59. The van der Waals surface area contributed by atoms with Crippen LogP contribution >= 0.6 is 0 Å². The Bertz CT molecular complexity index is 1350. The molecule has 4 rings (SSSR count). The molecule has 1 N–H and O–H groups in total. The maximum absolute atomic E-state index is 14.8. The molecule has 3 heterocycles. The third-order valence-electron chi connectivity index (χ3n) is 11.3. The maximum atomic E-state index is 14.8. The lowest BCUT2D eigenvalue weighted by Gasteiger charge is -2.42. The number of aliphatic hydroxyl groups is 1. The molecular formula is C39H57N3O7. The minimum atomic E-state index is -1.24. The summed E-state index contributed by atoms with van der Waals surface area (Å²) in [5.74, 6) is -3.29. The summed E-state index contributed by atoms with van der Waals surface area (Å²) in [6.07, 6.45) is 6.04. The van der Waals surface area contributed by atoms with E-state index in [0.717, 1.165) is 18.4 Å². The van der Waals surface area contributed by atoms with E-state index in [0.29, 0.717) is 32.2 Å². The number of hydrogen-bond donors (Lipinski definition) is 1. The summed E-state index contributed by atoms with van der Waals surface area (Å²) in [4.78, 5) is 61.9. The van der Waals surface area contributed by atoms with Gasteiger partial charge in [0.1, 0.15) is 17.7 Å². The number of benzene rings is 1. The van der Waals surface area contributed by atoms with Gasteiger partial charge in [0.05, 0.1) is 36.6 Å². The standard InChI is InChI=1S/C39H57N3O7/c1-9-13-20-31(44)40(8)27(7)34(28-18-15-14-16-19-28)48-38(47)32-30-21-22-39(49-30)33(32)36(45)42(29(24-43)25(5)12-4)35(39)37(46)41(23-11-3)26(6)17-10-2/h9,11,14-16,18-19,25-27,29-30,32-35,43H,1,3,10,12-13,17,20-24H2,2,4-8H3/t25-,26?,27+,29-,30-,32+,33+,34-,35-,39+/m0/s1. The van der Waals surface area contributed by atoms with Gasteiger partial charge in [-0.05, 0) is 51.0 Å². The lowest BCUT2D eigenvalue weighted by atomic mass is 9.70. The predicted molar refractivity (Wildman–Crippen MR) is 188 cm³/mol. The van der Waals surface area contributed by atoms with Crippen molar-refractivity contribution in [3.63, 3.8) is 0 Å². The molecule has 10 atom stereocenters. The molecule has 0 radical (unpaired) electrons. The van der Waals surface area contributed by atoms with E-state index in [-0.39, 0.29) is 42.7 Å². The number of fused-ring (bicyclic) bond motifs is 1. The molecule has 1 unspecified atom stereocenters. The molecule has 270 valence electrons. The zero-order chi connectivity index (χ0) is 36.0. The molecule has 3 aliphatic rings. The number of aliphatic hydroxyl groups excluding tert-OH is 1. The topological polar surface area (TPSA) is 117 Å². The van der Waals surface area contributed by atoms with E-state index >= 15 is 0 Å². The van der Waals surface area contributed by atoms with Gasteiger partial charge in [0.15, 0.2) is 0 Å². The van der Waals surface area contributed by atoms with Crippen molar-refractivity contribution in [3.05, 3.63) is 61.2 Å². The van der Waals surface area contributed by atoms with Crippen molar-refractivity contribution in [2.75, 3.05) is 20.2 Å². The first kappa shape index (κ1) is 38.3. The third-order valence-corrected chi connectivity index (χ3v) is 11.3. The predicted octanol–water partition coefficient (Wildman–Crippen LogP) is 5.07. The van der Waals surface area contributed by atoms with Crippen molar-refractivity contribution in [2.45, 2.75) is 122 Å². The maximum Gasteiger partial charge on any atom is 0.313 e. The second-order valence-electron chi connectivity index (χ2n) is 14.2. The molecule has 10 heteroatoms. The molecule has 3 aliphatic heterocycles. The first-order valence-corrected chi connectivity index (χ1v) is 18.1. The minimum Gasteiger partial charge on any atom is -0.455 e. The highest BCUT2D eigenvalue weighted by Gasteiger charge is 2.76. The first-order chi connectivity index (χ1) is 23.4. The van der Waals surface area contributed by atoms with Crippen LogP contribution in [0.2, 0.25) is 0 Å². The third kappa shape index (κ3) is 7.22. The number of amides is 3. The fraction of sp³-hybridized carbons (Fsp3) is 0.641. The number of carbonyl (C=O) groups is 4. The number of likely N-dealkylation sites (tertiary alicyclic amines) is 1. The van der Waals surface area contributed by atoms with Crippen molar-refractivity contribution in [2.24, 2.45) is 17.8 Å². The fourth-order valence-corrected chi connectivity index (χ4v) is 8.29. The summed E-state index contributed by atoms with van der Waals surface area (Å²) in [6.45, 7) is 17.4. The van der Waals surface area contributed by atoms with Gasteiger partial charge in [-0.2, -0.15) is 0 Å². The number of esters is 1. The number of likely N-dealkylation sites (N-methyl/N-ethyl adjacent to an activating group) is 1. The van der Waals surface area contributed by atoms with Crippen LogP contribution in [0.5, 0.6) is 0 Å². The fourth-order valence-electron chi connectivity index (χ4n) is 8.29. The molecule has 3 saturated heterocycles. The Morgan fingerprint density at radius 2 is 1.84 bits per heavy atom. The molecule has 1 spiro atoms. The summed E-state index contributed by atoms with van der Waals surface area (Å²) in [6, 6.07) is 7.02. The van der Waals surface area contributed by atoms with Crippen LogP contribution in [0.25, 0.3) is 0 Å². The van der Waals surface area contributed by atoms with Crippen LogP contribution < -0.4 is 0 Å². The van der Waals surface area contributed by atoms with Crippen LogP contribution in [0.3, 0.4) is 0 Å². The molecule has 1 aromatic rings. The van der Waals surface area contributed by atoms with Crippen LogP contribution in [0, 0.1) is 17.8 Å². The second-order valence-corrected chi connectivity index (χ2v) is 14.2. The molecule has 49 heavy (non-hydrogen) atoms. The van der Waals surface area contributed by atoms with E-state index < -0.39 is 53.7 Å². The summed E-state index contributed by atoms with van der Waals surface area (Å²) in [7, 11) is 1.70. The van der Waals surface area contributed by atoms with Crippen LogP contribution in [-0.2, 0) is 28.7 Å². The zero-order valence-corrected chi connectivity index (χ0v) is 30.3. The van der Waals surface area contributed by atoms with E-state index in [2.05, 4.69) is 20.1 Å². The molecular weight excluding hydrogens is 622 g/mol. The highest BCUT2D eigenvalue weighted by atomic mass is 16.6. The van der Waals surface area contributed by atoms with Gasteiger partial charge < -0.3 is 29.3 Å². The summed E-state index contributed by atoms with van der Waals surface area (Å²) >= 11 is 0. The van der Waals surface area contributed by atoms with Crippen LogP contribution in [0.15, 0.2) is 55.6 Å². The van der Waals surface area contributed by atoms with E-state index in [1.807, 2.05) is 58.0 Å². The summed E-state index contributed by atoms with van der Waals surface area (Å²) in [5.41, 5.74) is -0.514. The average molecular weight is 680 g/mol. The molecule has 0 aromatic heterocycles. The Hall–Kier alpha value is -3.50. The van der Waals surface area contributed by atoms with Gasteiger partial charge in [0.25, 0.3) is 0 Å². The lowest BCUT2D eigenvalue weighted by Crippen LogP contribution is -2.60. The number of rotatable bonds is 18. The van der Waals surface area contributed by atoms with Crippen molar-refractivity contribution in [1.82, 2.24) is 14.7 Å². The van der Waals surface area contributed by atoms with Crippen LogP contribution in [0.4, 0.5) is 0 Å². The number of ether oxygens (including phenoxy) is 2. The molecule has 0 aliphatic carbocycles. The second kappa shape index (κ2) is 16.5.